The zero-order valence-electron chi connectivity index (χ0n) is 14.5. The Hall–Kier alpha value is -1.17. The van der Waals surface area contributed by atoms with Crippen molar-refractivity contribution < 1.29 is 14.3 Å². The van der Waals surface area contributed by atoms with E-state index in [1.165, 1.54) is 28.4 Å². The number of aryl methyl sites for hydroxylation is 1. The molecule has 2 heterocycles. The van der Waals surface area contributed by atoms with Crippen molar-refractivity contribution in [2.24, 2.45) is 0 Å². The Bertz CT molecular complexity index is 705. The molecule has 0 spiro atoms. The largest absolute Gasteiger partial charge is 0.456 e. The summed E-state index contributed by atoms with van der Waals surface area (Å²) in [5.41, 5.74) is 1.65. The Morgan fingerprint density at radius 3 is 2.96 bits per heavy atom. The predicted octanol–water partition coefficient (Wildman–Crippen LogP) is 4.30. The molecular weight excluding hydrogens is 388 g/mol. The standard InChI is InChI=1S/C18H22N2O3S3/c19-10-14-13-5-3-6-15(13)25-18(14)20-16(21)11-23-17(22)7-2-1-4-12-8-9-24-26-12/h12H,1-9,11H2,(H,20,21)/t12-/m0/s1. The summed E-state index contributed by atoms with van der Waals surface area (Å²) in [5.74, 6) is 0.518. The molecule has 1 aromatic rings. The number of esters is 1. The van der Waals surface area contributed by atoms with Gasteiger partial charge in [0.15, 0.2) is 6.61 Å². The van der Waals surface area contributed by atoms with E-state index in [9.17, 15) is 14.9 Å². The summed E-state index contributed by atoms with van der Waals surface area (Å²) < 4.78 is 5.06. The van der Waals surface area contributed by atoms with Crippen LogP contribution in [0.5, 0.6) is 0 Å². The maximum absolute atomic E-state index is 12.0. The van der Waals surface area contributed by atoms with Gasteiger partial charge in [0, 0.05) is 22.3 Å². The molecule has 0 radical (unpaired) electrons. The molecule has 8 heteroatoms. The highest BCUT2D eigenvalue weighted by Gasteiger charge is 2.23. The van der Waals surface area contributed by atoms with Gasteiger partial charge in [-0.15, -0.1) is 11.3 Å². The van der Waals surface area contributed by atoms with Crippen LogP contribution in [0.15, 0.2) is 0 Å². The monoisotopic (exact) mass is 410 g/mol. The number of hydrogen-bond donors (Lipinski definition) is 1. The highest BCUT2D eigenvalue weighted by molar-refractivity contribution is 8.77. The van der Waals surface area contributed by atoms with Crippen molar-refractivity contribution in [3.05, 3.63) is 16.0 Å². The van der Waals surface area contributed by atoms with Gasteiger partial charge < -0.3 is 10.1 Å². The number of nitriles is 1. The number of anilines is 1. The van der Waals surface area contributed by atoms with Gasteiger partial charge >= 0.3 is 5.97 Å². The second-order valence-electron chi connectivity index (χ2n) is 6.46. The van der Waals surface area contributed by atoms with Crippen LogP contribution in [0.2, 0.25) is 0 Å². The van der Waals surface area contributed by atoms with Gasteiger partial charge in [-0.3, -0.25) is 9.59 Å². The fraction of sp³-hybridized carbons (Fsp3) is 0.611. The van der Waals surface area contributed by atoms with Crippen LogP contribution in [0, 0.1) is 11.3 Å². The van der Waals surface area contributed by atoms with Crippen molar-refractivity contribution in [1.29, 1.82) is 5.26 Å². The number of nitrogens with zero attached hydrogens (tertiary/aromatic N) is 1. The molecule has 1 aliphatic heterocycles. The average Bonchev–Trinajstić information content (AvgIpc) is 3.34. The predicted molar refractivity (Wildman–Crippen MR) is 108 cm³/mol. The lowest BCUT2D eigenvalue weighted by Crippen LogP contribution is -2.20. The molecule has 0 unspecified atom stereocenters. The third-order valence-corrected chi connectivity index (χ3v) is 8.75. The average molecular weight is 411 g/mol. The molecule has 3 rings (SSSR count). The molecule has 2 aliphatic rings. The summed E-state index contributed by atoms with van der Waals surface area (Å²) in [4.78, 5) is 25.0. The number of carbonyl (C=O) groups excluding carboxylic acids is 2. The molecule has 140 valence electrons. The highest BCUT2D eigenvalue weighted by atomic mass is 33.1. The summed E-state index contributed by atoms with van der Waals surface area (Å²) >= 11 is 1.47. The third-order valence-electron chi connectivity index (χ3n) is 4.53. The van der Waals surface area contributed by atoms with E-state index < -0.39 is 0 Å². The van der Waals surface area contributed by atoms with Crippen LogP contribution in [-0.4, -0.2) is 29.5 Å². The van der Waals surface area contributed by atoms with Gasteiger partial charge in [0.1, 0.15) is 11.1 Å². The van der Waals surface area contributed by atoms with Crippen molar-refractivity contribution in [3.63, 3.8) is 0 Å². The van der Waals surface area contributed by atoms with Gasteiger partial charge in [-0.25, -0.2) is 0 Å². The number of unbranched alkanes of at least 4 members (excludes halogenated alkanes) is 1. The fourth-order valence-electron chi connectivity index (χ4n) is 3.20. The summed E-state index contributed by atoms with van der Waals surface area (Å²) in [6.45, 7) is -0.290. The van der Waals surface area contributed by atoms with Crippen LogP contribution in [0.4, 0.5) is 5.00 Å². The normalized spacial score (nSPS) is 18.3. The minimum Gasteiger partial charge on any atom is -0.456 e. The van der Waals surface area contributed by atoms with Gasteiger partial charge in [-0.1, -0.05) is 28.0 Å². The minimum absolute atomic E-state index is 0.290. The first-order valence-electron chi connectivity index (χ1n) is 8.95. The molecular formula is C18H22N2O3S3. The molecule has 0 saturated carbocycles. The first kappa shape index (κ1) is 19.6. The van der Waals surface area contributed by atoms with E-state index in [1.807, 2.05) is 21.6 Å². The summed E-state index contributed by atoms with van der Waals surface area (Å²) in [5, 5.41) is 13.4. The molecule has 1 saturated heterocycles. The maximum Gasteiger partial charge on any atom is 0.306 e. The van der Waals surface area contributed by atoms with Gasteiger partial charge in [-0.2, -0.15) is 5.26 Å². The Labute approximate surface area is 165 Å². The van der Waals surface area contributed by atoms with Crippen molar-refractivity contribution >= 4 is 49.8 Å². The molecule has 0 bridgehead atoms. The molecule has 5 nitrogen and oxygen atoms in total. The van der Waals surface area contributed by atoms with E-state index in [2.05, 4.69) is 11.4 Å². The van der Waals surface area contributed by atoms with Crippen LogP contribution >= 0.6 is 32.9 Å². The lowest BCUT2D eigenvalue weighted by Gasteiger charge is -2.07. The number of carbonyl (C=O) groups is 2. The number of hydrogen-bond acceptors (Lipinski definition) is 7. The molecule has 26 heavy (non-hydrogen) atoms. The van der Waals surface area contributed by atoms with Crippen LogP contribution in [0.1, 0.15) is 54.5 Å². The molecule has 1 aromatic heterocycles. The van der Waals surface area contributed by atoms with E-state index in [1.54, 1.807) is 0 Å². The van der Waals surface area contributed by atoms with E-state index >= 15 is 0 Å². The number of amides is 1. The number of ether oxygens (including phenoxy) is 1. The second-order valence-corrected chi connectivity index (χ2v) is 10.3. The van der Waals surface area contributed by atoms with Gasteiger partial charge in [0.25, 0.3) is 5.91 Å². The molecule has 1 N–H and O–H groups in total. The number of fused-ring (bicyclic) bond motifs is 1. The fourth-order valence-corrected chi connectivity index (χ4v) is 7.48. The van der Waals surface area contributed by atoms with E-state index in [4.69, 9.17) is 4.74 Å². The van der Waals surface area contributed by atoms with Crippen molar-refractivity contribution in [1.82, 2.24) is 0 Å². The molecule has 1 aliphatic carbocycles. The smallest absolute Gasteiger partial charge is 0.306 e. The Morgan fingerprint density at radius 1 is 1.31 bits per heavy atom. The molecule has 1 atom stereocenters. The minimum atomic E-state index is -0.380. The first-order valence-corrected chi connectivity index (χ1v) is 12.2. The highest BCUT2D eigenvalue weighted by Crippen LogP contribution is 2.40. The Morgan fingerprint density at radius 2 is 2.19 bits per heavy atom. The Kier molecular flexibility index (Phi) is 7.29. The number of nitrogens with one attached hydrogen (secondary N) is 1. The van der Waals surface area contributed by atoms with Gasteiger partial charge in [0.2, 0.25) is 0 Å². The van der Waals surface area contributed by atoms with E-state index in [0.717, 1.165) is 49.3 Å². The molecule has 0 aromatic carbocycles. The van der Waals surface area contributed by atoms with Crippen LogP contribution in [-0.2, 0) is 27.2 Å². The van der Waals surface area contributed by atoms with Gasteiger partial charge in [-0.05, 0) is 44.1 Å². The third kappa shape index (κ3) is 5.18. The maximum atomic E-state index is 12.0. The van der Waals surface area contributed by atoms with Crippen molar-refractivity contribution in [3.8, 4) is 6.07 Å². The van der Waals surface area contributed by atoms with Crippen molar-refractivity contribution in [2.45, 2.75) is 56.6 Å². The summed E-state index contributed by atoms with van der Waals surface area (Å²) in [6, 6.07) is 2.19. The summed E-state index contributed by atoms with van der Waals surface area (Å²) in [7, 11) is 3.88. The van der Waals surface area contributed by atoms with E-state index in [0.29, 0.717) is 17.0 Å². The van der Waals surface area contributed by atoms with Crippen LogP contribution < -0.4 is 5.32 Å². The lowest BCUT2D eigenvalue weighted by molar-refractivity contribution is -0.147. The topological polar surface area (TPSA) is 79.2 Å². The zero-order chi connectivity index (χ0) is 18.4. The molecule has 1 amide bonds. The van der Waals surface area contributed by atoms with Crippen LogP contribution in [0.3, 0.4) is 0 Å². The van der Waals surface area contributed by atoms with Gasteiger partial charge in [0.05, 0.1) is 5.56 Å². The second kappa shape index (κ2) is 9.67. The zero-order valence-corrected chi connectivity index (χ0v) is 17.0. The number of rotatable bonds is 8. The Balaban J connectivity index is 1.35. The first-order chi connectivity index (χ1) is 12.7. The van der Waals surface area contributed by atoms with E-state index in [-0.39, 0.29) is 18.5 Å². The lowest BCUT2D eigenvalue weighted by atomic mass is 10.1. The van der Waals surface area contributed by atoms with Crippen LogP contribution in [0.25, 0.3) is 0 Å². The summed E-state index contributed by atoms with van der Waals surface area (Å²) in [6.07, 6.45) is 7.52. The quantitative estimate of drug-likeness (QED) is 0.391. The SMILES string of the molecule is N#Cc1c(NC(=O)COC(=O)CCCC[C@H]2CCSS2)sc2c1CCC2. The van der Waals surface area contributed by atoms with Crippen molar-refractivity contribution in [2.75, 3.05) is 17.7 Å². The molecule has 1 fully saturated rings. The number of thiophene rings is 1.